The molecule has 3 rings (SSSR count). The van der Waals surface area contributed by atoms with Gasteiger partial charge in [0.2, 0.25) is 0 Å². The van der Waals surface area contributed by atoms with Gasteiger partial charge in [-0.25, -0.2) is 4.98 Å². The van der Waals surface area contributed by atoms with Crippen LogP contribution in [0.5, 0.6) is 0 Å². The van der Waals surface area contributed by atoms with E-state index < -0.39 is 18.5 Å². The van der Waals surface area contributed by atoms with Crippen LogP contribution < -0.4 is 9.57 Å². The first-order valence-corrected chi connectivity index (χ1v) is 11.5. The second-order valence-electron chi connectivity index (χ2n) is 7.20. The molecule has 0 atom stereocenters. The van der Waals surface area contributed by atoms with Crippen molar-refractivity contribution in [2.45, 2.75) is 44.2 Å². The van der Waals surface area contributed by atoms with E-state index in [1.54, 1.807) is 25.9 Å². The number of aryl methyl sites for hydroxylation is 1. The number of para-hydroxylation sites is 1. The molecule has 1 aromatic carbocycles. The number of benzene rings is 1. The third-order valence-electron chi connectivity index (χ3n) is 4.88. The van der Waals surface area contributed by atoms with Crippen LogP contribution in [-0.4, -0.2) is 43.2 Å². The molecule has 2 heterocycles. The van der Waals surface area contributed by atoms with Crippen molar-refractivity contribution in [1.82, 2.24) is 4.98 Å². The van der Waals surface area contributed by atoms with Crippen LogP contribution in [0, 0.1) is 6.92 Å². The van der Waals surface area contributed by atoms with Gasteiger partial charge >= 0.3 is 12.1 Å². The van der Waals surface area contributed by atoms with E-state index in [9.17, 15) is 22.0 Å². The van der Waals surface area contributed by atoms with Crippen LogP contribution >= 0.6 is 11.8 Å². The van der Waals surface area contributed by atoms with Crippen LogP contribution in [0.3, 0.4) is 0 Å². The average molecular weight is 501 g/mol. The number of aliphatic imine (C=N–C) groups is 1. The van der Waals surface area contributed by atoms with E-state index in [0.717, 1.165) is 51.0 Å². The highest BCUT2D eigenvalue weighted by Gasteiger charge is 2.55. The van der Waals surface area contributed by atoms with E-state index in [-0.39, 0.29) is 0 Å². The van der Waals surface area contributed by atoms with Crippen molar-refractivity contribution in [3.05, 3.63) is 53.7 Å². The Morgan fingerprint density at radius 1 is 1.12 bits per heavy atom. The van der Waals surface area contributed by atoms with Crippen LogP contribution in [0.1, 0.15) is 31.4 Å². The highest BCUT2D eigenvalue weighted by Crippen LogP contribution is 2.37. The van der Waals surface area contributed by atoms with Crippen molar-refractivity contribution in [3.63, 3.8) is 0 Å². The van der Waals surface area contributed by atoms with Crippen molar-refractivity contribution in [3.8, 4) is 11.4 Å². The summed E-state index contributed by atoms with van der Waals surface area (Å²) in [6.07, 6.45) is -2.83. The van der Waals surface area contributed by atoms with Gasteiger partial charge in [-0.1, -0.05) is 26.0 Å². The molecule has 10 heteroatoms. The van der Waals surface area contributed by atoms with Crippen LogP contribution in [-0.2, 0) is 0 Å². The topological polar surface area (TPSA) is 38.4 Å². The molecule has 4 nitrogen and oxygen atoms in total. The molecule has 0 bridgehead atoms. The highest BCUT2D eigenvalue weighted by molar-refractivity contribution is 7.99. The van der Waals surface area contributed by atoms with Crippen LogP contribution in [0.25, 0.3) is 22.3 Å². The molecular weight excluding hydrogens is 473 g/mol. The van der Waals surface area contributed by atoms with Gasteiger partial charge in [-0.2, -0.15) is 22.0 Å². The average Bonchev–Trinajstić information content (AvgIpc) is 2.79. The Morgan fingerprint density at radius 3 is 2.32 bits per heavy atom. The van der Waals surface area contributed by atoms with E-state index in [2.05, 4.69) is 41.2 Å². The Kier molecular flexibility index (Phi) is 9.37. The number of hydrogen-bond donors (Lipinski definition) is 0. The van der Waals surface area contributed by atoms with Crippen LogP contribution in [0.4, 0.5) is 22.0 Å². The van der Waals surface area contributed by atoms with Crippen LogP contribution in [0.2, 0.25) is 0 Å². The van der Waals surface area contributed by atoms with Crippen molar-refractivity contribution < 1.29 is 31.5 Å². The minimum absolute atomic E-state index is 0.785. The maximum absolute atomic E-state index is 11.5. The smallest absolute Gasteiger partial charge is 0.296 e. The summed E-state index contributed by atoms with van der Waals surface area (Å²) in [7, 11) is 3.47. The lowest BCUT2D eigenvalue weighted by molar-refractivity contribution is -0.857. The number of hydrogen-bond acceptors (Lipinski definition) is 4. The number of halogens is 5. The lowest BCUT2D eigenvalue weighted by atomic mass is 10.1. The Labute approximate surface area is 199 Å². The SMILES string of the molecule is CCC(F)(F)C(F)(F)F.CCSc1cc2ccccc2[n+](OC)c1-c1cc(C=NC)c(C)cn1. The predicted octanol–water partition coefficient (Wildman–Crippen LogP) is 6.31. The van der Waals surface area contributed by atoms with Gasteiger partial charge in [0.05, 0.1) is 10.3 Å². The van der Waals surface area contributed by atoms with Crippen molar-refractivity contribution in [2.24, 2.45) is 4.99 Å². The van der Waals surface area contributed by atoms with Crippen LogP contribution in [0.15, 0.2) is 52.5 Å². The molecule has 0 spiro atoms. The molecule has 0 N–H and O–H groups in total. The summed E-state index contributed by atoms with van der Waals surface area (Å²) in [5.74, 6) is -3.54. The van der Waals surface area contributed by atoms with Gasteiger partial charge in [0, 0.05) is 36.7 Å². The minimum Gasteiger partial charge on any atom is -0.296 e. The number of pyridine rings is 2. The Balaban J connectivity index is 0.000000387. The zero-order valence-corrected chi connectivity index (χ0v) is 20.4. The maximum atomic E-state index is 11.5. The monoisotopic (exact) mass is 500 g/mol. The number of thioether (sulfide) groups is 1. The molecule has 0 aliphatic rings. The number of nitrogens with zero attached hydrogens (tertiary/aromatic N) is 3. The molecule has 2 aromatic heterocycles. The molecule has 0 saturated heterocycles. The molecule has 0 unspecified atom stereocenters. The fraction of sp³-hybridized carbons (Fsp3) is 0.375. The van der Waals surface area contributed by atoms with E-state index in [1.165, 1.54) is 0 Å². The van der Waals surface area contributed by atoms with Gasteiger partial charge in [0.1, 0.15) is 12.8 Å². The first kappa shape index (κ1) is 27.5. The third kappa shape index (κ3) is 6.22. The summed E-state index contributed by atoms with van der Waals surface area (Å²) in [4.78, 5) is 15.7. The van der Waals surface area contributed by atoms with Crippen molar-refractivity contribution in [1.29, 1.82) is 0 Å². The maximum Gasteiger partial charge on any atom is 0.453 e. The fourth-order valence-electron chi connectivity index (χ4n) is 3.06. The fourth-order valence-corrected chi connectivity index (χ4v) is 3.90. The van der Waals surface area contributed by atoms with E-state index in [0.29, 0.717) is 0 Å². The third-order valence-corrected chi connectivity index (χ3v) is 5.79. The van der Waals surface area contributed by atoms with Gasteiger partial charge in [-0.15, -0.1) is 11.8 Å². The van der Waals surface area contributed by atoms with Gasteiger partial charge in [0.25, 0.3) is 11.2 Å². The summed E-state index contributed by atoms with van der Waals surface area (Å²) in [6.45, 7) is 4.98. The van der Waals surface area contributed by atoms with Crippen molar-refractivity contribution in [2.75, 3.05) is 19.9 Å². The predicted molar refractivity (Wildman–Crippen MR) is 126 cm³/mol. The number of aromatic nitrogens is 2. The molecule has 0 saturated carbocycles. The van der Waals surface area contributed by atoms with E-state index in [1.807, 2.05) is 36.2 Å². The zero-order chi connectivity index (χ0) is 25.5. The van der Waals surface area contributed by atoms with Gasteiger partial charge in [-0.3, -0.25) is 9.83 Å². The lowest BCUT2D eigenvalue weighted by Crippen LogP contribution is -2.44. The first-order valence-electron chi connectivity index (χ1n) is 10.5. The molecule has 34 heavy (non-hydrogen) atoms. The molecule has 0 amide bonds. The molecule has 0 aliphatic heterocycles. The number of fused-ring (bicyclic) bond motifs is 1. The molecule has 0 aliphatic carbocycles. The molecule has 3 aromatic rings. The highest BCUT2D eigenvalue weighted by atomic mass is 32.2. The quantitative estimate of drug-likeness (QED) is 0.172. The summed E-state index contributed by atoms with van der Waals surface area (Å²) in [6, 6.07) is 12.5. The molecule has 0 radical (unpaired) electrons. The number of rotatable bonds is 6. The Hall–Kier alpha value is -2.75. The number of alkyl halides is 5. The standard InChI is InChI=1S/C20H22N3OS.C4H5F5/c1-5-25-19-11-15-8-6-7-9-18(15)23(24-4)20(19)17-10-16(13-21-3)14(2)12-22-17;1-2-3(5,6)4(7,8)9/h6-13H,5H2,1-4H3;2H2,1H3/q+1;. The van der Waals surface area contributed by atoms with Gasteiger partial charge in [0.15, 0.2) is 0 Å². The largest absolute Gasteiger partial charge is 0.453 e. The second-order valence-corrected chi connectivity index (χ2v) is 8.50. The van der Waals surface area contributed by atoms with E-state index in [4.69, 9.17) is 4.84 Å². The Morgan fingerprint density at radius 2 is 1.79 bits per heavy atom. The molecular formula is C24H27F5N3OS+. The summed E-state index contributed by atoms with van der Waals surface area (Å²) >= 11 is 1.79. The lowest BCUT2D eigenvalue weighted by Gasteiger charge is -2.16. The van der Waals surface area contributed by atoms with Gasteiger partial charge in [-0.05, 0) is 42.0 Å². The van der Waals surface area contributed by atoms with E-state index >= 15 is 0 Å². The normalized spacial score (nSPS) is 12.1. The summed E-state index contributed by atoms with van der Waals surface area (Å²) in [5, 5.41) is 1.14. The summed E-state index contributed by atoms with van der Waals surface area (Å²) < 4.78 is 58.2. The van der Waals surface area contributed by atoms with Gasteiger partial charge < -0.3 is 0 Å². The summed E-state index contributed by atoms with van der Waals surface area (Å²) in [5.41, 5.74) is 5.04. The Bertz CT molecular complexity index is 1150. The second kappa shape index (κ2) is 11.6. The zero-order valence-electron chi connectivity index (χ0n) is 19.6. The van der Waals surface area contributed by atoms with Crippen molar-refractivity contribution >= 4 is 28.9 Å². The molecule has 184 valence electrons. The molecule has 0 fully saturated rings. The first-order chi connectivity index (χ1) is 16.0. The minimum atomic E-state index is -5.39.